The zero-order chi connectivity index (χ0) is 8.27. The Morgan fingerprint density at radius 3 is 2.82 bits per heavy atom. The quantitative estimate of drug-likeness (QED) is 0.563. The van der Waals surface area contributed by atoms with E-state index in [-0.39, 0.29) is 6.04 Å². The Morgan fingerprint density at radius 2 is 2.36 bits per heavy atom. The third-order valence-corrected chi connectivity index (χ3v) is 2.05. The van der Waals surface area contributed by atoms with E-state index >= 15 is 0 Å². The molecule has 1 rings (SSSR count). The maximum Gasteiger partial charge on any atom is 0.0621 e. The van der Waals surface area contributed by atoms with E-state index in [1.165, 1.54) is 0 Å². The van der Waals surface area contributed by atoms with Crippen LogP contribution >= 0.6 is 0 Å². The van der Waals surface area contributed by atoms with Gasteiger partial charge in [0, 0.05) is 25.6 Å². The van der Waals surface area contributed by atoms with Crippen molar-refractivity contribution in [2.75, 3.05) is 33.9 Å². The van der Waals surface area contributed by atoms with Crippen LogP contribution < -0.4 is 5.73 Å². The van der Waals surface area contributed by atoms with Gasteiger partial charge in [-0.3, -0.25) is 0 Å². The van der Waals surface area contributed by atoms with Crippen LogP contribution in [0.25, 0.3) is 0 Å². The Balaban J connectivity index is 2.24. The number of hydroxylamine groups is 2. The summed E-state index contributed by atoms with van der Waals surface area (Å²) < 4.78 is 5.21. The maximum atomic E-state index is 5.77. The van der Waals surface area contributed by atoms with Crippen molar-refractivity contribution in [2.24, 2.45) is 11.7 Å². The second kappa shape index (κ2) is 4.01. The van der Waals surface area contributed by atoms with Crippen LogP contribution in [0.15, 0.2) is 0 Å². The molecule has 0 amide bonds. The van der Waals surface area contributed by atoms with Gasteiger partial charge in [-0.15, -0.1) is 0 Å². The van der Waals surface area contributed by atoms with Crippen molar-refractivity contribution in [2.45, 2.75) is 6.04 Å². The van der Waals surface area contributed by atoms with Gasteiger partial charge >= 0.3 is 0 Å². The van der Waals surface area contributed by atoms with Crippen LogP contribution in [0.1, 0.15) is 0 Å². The molecule has 1 heterocycles. The number of hydrogen-bond acceptors (Lipinski definition) is 4. The molecule has 1 fully saturated rings. The van der Waals surface area contributed by atoms with E-state index in [1.807, 2.05) is 7.05 Å². The first-order chi connectivity index (χ1) is 5.24. The molecule has 4 heteroatoms. The van der Waals surface area contributed by atoms with Crippen LogP contribution in [-0.2, 0) is 9.57 Å². The Bertz CT molecular complexity index is 121. The maximum absolute atomic E-state index is 5.77. The summed E-state index contributed by atoms with van der Waals surface area (Å²) in [4.78, 5) is 4.98. The van der Waals surface area contributed by atoms with Gasteiger partial charge < -0.3 is 15.3 Å². The molecule has 1 saturated heterocycles. The molecule has 0 aromatic rings. The van der Waals surface area contributed by atoms with Gasteiger partial charge in [-0.05, 0) is 0 Å². The van der Waals surface area contributed by atoms with Gasteiger partial charge in [-0.2, -0.15) is 5.06 Å². The summed E-state index contributed by atoms with van der Waals surface area (Å²) in [6, 6.07) is 0.174. The minimum atomic E-state index is 0.174. The summed E-state index contributed by atoms with van der Waals surface area (Å²) >= 11 is 0. The highest BCUT2D eigenvalue weighted by molar-refractivity contribution is 4.78. The van der Waals surface area contributed by atoms with E-state index in [0.29, 0.717) is 12.5 Å². The fourth-order valence-electron chi connectivity index (χ4n) is 1.21. The summed E-state index contributed by atoms with van der Waals surface area (Å²) in [6.45, 7) is 2.29. The Kier molecular flexibility index (Phi) is 3.26. The van der Waals surface area contributed by atoms with Crippen molar-refractivity contribution in [1.29, 1.82) is 0 Å². The molecule has 4 nitrogen and oxygen atoms in total. The highest BCUT2D eigenvalue weighted by atomic mass is 16.7. The third-order valence-electron chi connectivity index (χ3n) is 2.05. The van der Waals surface area contributed by atoms with E-state index in [2.05, 4.69) is 0 Å². The van der Waals surface area contributed by atoms with Crippen LogP contribution in [-0.4, -0.2) is 45.0 Å². The Morgan fingerprint density at radius 1 is 1.64 bits per heavy atom. The van der Waals surface area contributed by atoms with E-state index in [0.717, 1.165) is 13.2 Å². The van der Waals surface area contributed by atoms with Gasteiger partial charge in [0.1, 0.15) is 0 Å². The fourth-order valence-corrected chi connectivity index (χ4v) is 1.21. The molecular formula is C7H16N2O2. The van der Waals surface area contributed by atoms with Gasteiger partial charge in [0.25, 0.3) is 0 Å². The molecule has 0 aliphatic carbocycles. The molecular weight excluding hydrogens is 144 g/mol. The molecule has 2 atom stereocenters. The predicted octanol–water partition coefficient (Wildman–Crippen LogP) is -0.547. The molecule has 0 aromatic heterocycles. The number of ether oxygens (including phenoxy) is 1. The summed E-state index contributed by atoms with van der Waals surface area (Å²) in [5.74, 6) is 0.417. The van der Waals surface area contributed by atoms with Crippen LogP contribution in [0.4, 0.5) is 0 Å². The van der Waals surface area contributed by atoms with Crippen molar-refractivity contribution in [3.63, 3.8) is 0 Å². The minimum absolute atomic E-state index is 0.174. The first-order valence-corrected chi connectivity index (χ1v) is 3.82. The summed E-state index contributed by atoms with van der Waals surface area (Å²) in [5.41, 5.74) is 5.77. The Hall–Kier alpha value is -0.160. The number of hydrogen-bond donors (Lipinski definition) is 1. The topological polar surface area (TPSA) is 47.7 Å². The van der Waals surface area contributed by atoms with Crippen molar-refractivity contribution in [1.82, 2.24) is 5.06 Å². The largest absolute Gasteiger partial charge is 0.379 e. The van der Waals surface area contributed by atoms with Crippen molar-refractivity contribution in [3.8, 4) is 0 Å². The first kappa shape index (κ1) is 8.93. The zero-order valence-corrected chi connectivity index (χ0v) is 7.12. The summed E-state index contributed by atoms with van der Waals surface area (Å²) in [7, 11) is 3.55. The average Bonchev–Trinajstić information content (AvgIpc) is 2.37. The lowest BCUT2D eigenvalue weighted by molar-refractivity contribution is -0.118. The smallest absolute Gasteiger partial charge is 0.0621 e. The molecule has 2 N–H and O–H groups in total. The van der Waals surface area contributed by atoms with Gasteiger partial charge in [0.2, 0.25) is 0 Å². The highest BCUT2D eigenvalue weighted by Gasteiger charge is 2.25. The lowest BCUT2D eigenvalue weighted by atomic mass is 10.1. The molecule has 0 spiro atoms. The van der Waals surface area contributed by atoms with E-state index in [1.54, 1.807) is 12.2 Å². The van der Waals surface area contributed by atoms with E-state index < -0.39 is 0 Å². The van der Waals surface area contributed by atoms with Gasteiger partial charge in [0.05, 0.1) is 20.3 Å². The predicted molar refractivity (Wildman–Crippen MR) is 41.9 cm³/mol. The van der Waals surface area contributed by atoms with Crippen molar-refractivity contribution >= 4 is 0 Å². The summed E-state index contributed by atoms with van der Waals surface area (Å²) in [6.07, 6.45) is 0. The SMILES string of the molecule is CON(C)CC1COCC1N. The van der Waals surface area contributed by atoms with Crippen LogP contribution in [0.2, 0.25) is 0 Å². The van der Waals surface area contributed by atoms with Crippen LogP contribution in [0.3, 0.4) is 0 Å². The molecule has 0 bridgehead atoms. The van der Waals surface area contributed by atoms with Crippen LogP contribution in [0.5, 0.6) is 0 Å². The molecule has 1 aliphatic heterocycles. The van der Waals surface area contributed by atoms with E-state index in [4.69, 9.17) is 15.3 Å². The average molecular weight is 160 g/mol. The monoisotopic (exact) mass is 160 g/mol. The molecule has 1 aliphatic rings. The molecule has 66 valence electrons. The molecule has 0 saturated carbocycles. The molecule has 0 radical (unpaired) electrons. The summed E-state index contributed by atoms with van der Waals surface area (Å²) in [5, 5.41) is 1.78. The molecule has 0 aromatic carbocycles. The first-order valence-electron chi connectivity index (χ1n) is 3.82. The number of nitrogens with two attached hydrogens (primary N) is 1. The second-order valence-electron chi connectivity index (χ2n) is 2.95. The highest BCUT2D eigenvalue weighted by Crippen LogP contribution is 2.12. The number of rotatable bonds is 3. The van der Waals surface area contributed by atoms with Gasteiger partial charge in [0.15, 0.2) is 0 Å². The number of nitrogens with zero attached hydrogens (tertiary/aromatic N) is 1. The second-order valence-corrected chi connectivity index (χ2v) is 2.95. The Labute approximate surface area is 67.2 Å². The van der Waals surface area contributed by atoms with Gasteiger partial charge in [-0.25, -0.2) is 0 Å². The molecule has 2 unspecified atom stereocenters. The van der Waals surface area contributed by atoms with Crippen molar-refractivity contribution in [3.05, 3.63) is 0 Å². The minimum Gasteiger partial charge on any atom is -0.379 e. The lowest BCUT2D eigenvalue weighted by Gasteiger charge is -2.19. The van der Waals surface area contributed by atoms with Crippen molar-refractivity contribution < 1.29 is 9.57 Å². The fraction of sp³-hybridized carbons (Fsp3) is 1.00. The van der Waals surface area contributed by atoms with Crippen LogP contribution in [0, 0.1) is 5.92 Å². The van der Waals surface area contributed by atoms with E-state index in [9.17, 15) is 0 Å². The molecule has 11 heavy (non-hydrogen) atoms. The normalized spacial score (nSPS) is 31.6. The van der Waals surface area contributed by atoms with Gasteiger partial charge in [-0.1, -0.05) is 0 Å². The third kappa shape index (κ3) is 2.41. The lowest BCUT2D eigenvalue weighted by Crippen LogP contribution is -2.36. The standard InChI is InChI=1S/C7H16N2O2/c1-9(10-2)3-6-4-11-5-7(6)8/h6-7H,3-5,8H2,1-2H3. The zero-order valence-electron chi connectivity index (χ0n) is 7.12.